The zero-order chi connectivity index (χ0) is 25.2. The highest BCUT2D eigenvalue weighted by Gasteiger charge is 2.29. The van der Waals surface area contributed by atoms with Gasteiger partial charge in [0.1, 0.15) is 5.82 Å². The molecule has 1 aromatic carbocycles. The minimum Gasteiger partial charge on any atom is -0.358 e. The van der Waals surface area contributed by atoms with Gasteiger partial charge in [-0.05, 0) is 75.5 Å². The van der Waals surface area contributed by atoms with E-state index in [1.165, 1.54) is 6.07 Å². The Balaban J connectivity index is 1.99. The first-order valence-corrected chi connectivity index (χ1v) is 12.3. The molecule has 1 aliphatic rings. The third-order valence-electron chi connectivity index (χ3n) is 7.04. The number of H-pyrrole nitrogens is 1. The second kappa shape index (κ2) is 10.6. The number of benzene rings is 1. The molecule has 0 aliphatic carbocycles. The van der Waals surface area contributed by atoms with E-state index in [0.29, 0.717) is 47.3 Å². The van der Waals surface area contributed by atoms with Gasteiger partial charge >= 0.3 is 0 Å². The highest BCUT2D eigenvalue weighted by Crippen LogP contribution is 2.38. The molecular weight excluding hydrogens is 431 g/mol. The summed E-state index contributed by atoms with van der Waals surface area (Å²) in [6, 6.07) is 1.65. The van der Waals surface area contributed by atoms with E-state index < -0.39 is 0 Å². The fourth-order valence-electron chi connectivity index (χ4n) is 4.79. The lowest BCUT2D eigenvalue weighted by molar-refractivity contribution is -0.110. The molecule has 7 heteroatoms. The summed E-state index contributed by atoms with van der Waals surface area (Å²) in [5.41, 5.74) is 5.93. The molecule has 184 valence electrons. The largest absolute Gasteiger partial charge is 0.358 e. The molecule has 0 radical (unpaired) electrons. The summed E-state index contributed by atoms with van der Waals surface area (Å²) >= 11 is 0. The van der Waals surface area contributed by atoms with Crippen molar-refractivity contribution in [1.82, 2.24) is 15.2 Å². The standard InChI is InChI=1S/C27H37FN4O2/c1-8-18-23(13-20-19-12-21(28)16(6)17(7)25(19)31-26(20)33)30-22(9-2)24(18)27(34)29-14-15(5)32(10-3)11-4/h12-13,15,30H,8-11,14H2,1-7H3,(H,29,34)(H,31,33)/b20-13-. The molecule has 2 amide bonds. The maximum absolute atomic E-state index is 14.5. The van der Waals surface area contributed by atoms with Crippen molar-refractivity contribution in [1.29, 1.82) is 0 Å². The van der Waals surface area contributed by atoms with E-state index in [1.807, 2.05) is 20.8 Å². The number of aromatic amines is 1. The van der Waals surface area contributed by atoms with E-state index in [1.54, 1.807) is 13.0 Å². The van der Waals surface area contributed by atoms with Crippen molar-refractivity contribution >= 4 is 29.2 Å². The van der Waals surface area contributed by atoms with Crippen LogP contribution in [0.4, 0.5) is 10.1 Å². The van der Waals surface area contributed by atoms with Crippen molar-refractivity contribution in [2.24, 2.45) is 0 Å². The molecule has 3 rings (SSSR count). The van der Waals surface area contributed by atoms with Crippen LogP contribution in [0.15, 0.2) is 6.07 Å². The van der Waals surface area contributed by atoms with Crippen LogP contribution in [0.3, 0.4) is 0 Å². The number of halogens is 1. The van der Waals surface area contributed by atoms with Crippen LogP contribution in [0.1, 0.15) is 78.6 Å². The summed E-state index contributed by atoms with van der Waals surface area (Å²) in [6.07, 6.45) is 3.03. The summed E-state index contributed by atoms with van der Waals surface area (Å²) in [5.74, 6) is -0.711. The van der Waals surface area contributed by atoms with Crippen molar-refractivity contribution in [3.8, 4) is 0 Å². The molecular formula is C27H37FN4O2. The monoisotopic (exact) mass is 468 g/mol. The Kier molecular flexibility index (Phi) is 7.97. The van der Waals surface area contributed by atoms with Crippen LogP contribution in [0, 0.1) is 19.7 Å². The Bertz CT molecular complexity index is 1130. The van der Waals surface area contributed by atoms with Gasteiger partial charge in [-0.3, -0.25) is 14.5 Å². The number of likely N-dealkylation sites (N-methyl/N-ethyl adjacent to an activating group) is 1. The van der Waals surface area contributed by atoms with Gasteiger partial charge in [0.25, 0.3) is 11.8 Å². The Morgan fingerprint density at radius 3 is 2.41 bits per heavy atom. The highest BCUT2D eigenvalue weighted by atomic mass is 19.1. The van der Waals surface area contributed by atoms with Gasteiger partial charge in [-0.1, -0.05) is 27.7 Å². The lowest BCUT2D eigenvalue weighted by Crippen LogP contribution is -2.42. The van der Waals surface area contributed by atoms with Gasteiger partial charge in [0.2, 0.25) is 0 Å². The third-order valence-corrected chi connectivity index (χ3v) is 7.04. The summed E-state index contributed by atoms with van der Waals surface area (Å²) in [7, 11) is 0. The molecule has 1 aromatic heterocycles. The van der Waals surface area contributed by atoms with Crippen LogP contribution in [-0.4, -0.2) is 47.4 Å². The number of carbonyl (C=O) groups excluding carboxylic acids is 2. The summed E-state index contributed by atoms with van der Waals surface area (Å²) in [5, 5.41) is 5.98. The molecule has 0 saturated heterocycles. The van der Waals surface area contributed by atoms with E-state index in [-0.39, 0.29) is 23.7 Å². The second-order valence-corrected chi connectivity index (χ2v) is 8.90. The Morgan fingerprint density at radius 1 is 1.15 bits per heavy atom. The number of anilines is 1. The quantitative estimate of drug-likeness (QED) is 0.461. The second-order valence-electron chi connectivity index (χ2n) is 8.90. The number of fused-ring (bicyclic) bond motifs is 1. The number of amides is 2. The molecule has 1 unspecified atom stereocenters. The molecule has 34 heavy (non-hydrogen) atoms. The van der Waals surface area contributed by atoms with Crippen LogP contribution in [0.25, 0.3) is 11.6 Å². The zero-order valence-corrected chi connectivity index (χ0v) is 21.4. The number of nitrogens with zero attached hydrogens (tertiary/aromatic N) is 1. The van der Waals surface area contributed by atoms with E-state index in [0.717, 1.165) is 35.6 Å². The number of rotatable bonds is 9. The van der Waals surface area contributed by atoms with Gasteiger partial charge in [0.05, 0.1) is 16.8 Å². The first-order chi connectivity index (χ1) is 16.2. The molecule has 2 aromatic rings. The first-order valence-electron chi connectivity index (χ1n) is 12.3. The van der Waals surface area contributed by atoms with Crippen LogP contribution < -0.4 is 10.6 Å². The minimum absolute atomic E-state index is 0.109. The van der Waals surface area contributed by atoms with E-state index in [9.17, 15) is 14.0 Å². The van der Waals surface area contributed by atoms with Gasteiger partial charge in [-0.15, -0.1) is 0 Å². The minimum atomic E-state index is -0.336. The summed E-state index contributed by atoms with van der Waals surface area (Å²) in [4.78, 5) is 31.7. The topological polar surface area (TPSA) is 77.2 Å². The summed E-state index contributed by atoms with van der Waals surface area (Å²) < 4.78 is 14.5. The van der Waals surface area contributed by atoms with Crippen LogP contribution >= 0.6 is 0 Å². The Labute approximate surface area is 202 Å². The van der Waals surface area contributed by atoms with Crippen molar-refractivity contribution in [3.63, 3.8) is 0 Å². The number of aryl methyl sites for hydroxylation is 1. The Hall–Kier alpha value is -2.93. The predicted molar refractivity (Wildman–Crippen MR) is 137 cm³/mol. The number of hydrogen-bond acceptors (Lipinski definition) is 3. The fraction of sp³-hybridized carbons (Fsp3) is 0.481. The molecule has 0 bridgehead atoms. The lowest BCUT2D eigenvalue weighted by atomic mass is 9.98. The molecule has 6 nitrogen and oxygen atoms in total. The summed E-state index contributed by atoms with van der Waals surface area (Å²) in [6.45, 7) is 16.3. The van der Waals surface area contributed by atoms with Crippen molar-refractivity contribution in [2.45, 2.75) is 67.3 Å². The zero-order valence-electron chi connectivity index (χ0n) is 21.4. The number of hydrogen-bond donors (Lipinski definition) is 3. The normalized spacial score (nSPS) is 15.1. The van der Waals surface area contributed by atoms with E-state index >= 15 is 0 Å². The van der Waals surface area contributed by atoms with Crippen molar-refractivity contribution in [2.75, 3.05) is 25.0 Å². The molecule has 0 spiro atoms. The maximum atomic E-state index is 14.5. The van der Waals surface area contributed by atoms with E-state index in [2.05, 4.69) is 41.3 Å². The molecule has 1 aliphatic heterocycles. The van der Waals surface area contributed by atoms with Crippen molar-refractivity contribution < 1.29 is 14.0 Å². The molecule has 0 saturated carbocycles. The molecule has 3 N–H and O–H groups in total. The van der Waals surface area contributed by atoms with Gasteiger partial charge in [-0.2, -0.15) is 0 Å². The molecule has 1 atom stereocenters. The van der Waals surface area contributed by atoms with Gasteiger partial charge < -0.3 is 15.6 Å². The molecule has 2 heterocycles. The maximum Gasteiger partial charge on any atom is 0.256 e. The fourth-order valence-corrected chi connectivity index (χ4v) is 4.79. The highest BCUT2D eigenvalue weighted by molar-refractivity contribution is 6.35. The average Bonchev–Trinajstić information content (AvgIpc) is 3.34. The average molecular weight is 469 g/mol. The van der Waals surface area contributed by atoms with Gasteiger partial charge in [0, 0.05) is 29.5 Å². The van der Waals surface area contributed by atoms with Crippen LogP contribution in [0.2, 0.25) is 0 Å². The number of carbonyl (C=O) groups is 2. The van der Waals surface area contributed by atoms with Crippen molar-refractivity contribution in [3.05, 3.63) is 51.1 Å². The number of aromatic nitrogens is 1. The third kappa shape index (κ3) is 4.67. The van der Waals surface area contributed by atoms with Crippen LogP contribution in [-0.2, 0) is 17.6 Å². The van der Waals surface area contributed by atoms with Gasteiger partial charge in [-0.25, -0.2) is 4.39 Å². The smallest absolute Gasteiger partial charge is 0.256 e. The van der Waals surface area contributed by atoms with Gasteiger partial charge in [0.15, 0.2) is 0 Å². The molecule has 0 fully saturated rings. The number of nitrogens with one attached hydrogen (secondary N) is 3. The first kappa shape index (κ1) is 25.7. The Morgan fingerprint density at radius 2 is 1.82 bits per heavy atom. The van der Waals surface area contributed by atoms with E-state index in [4.69, 9.17) is 0 Å². The SMILES string of the molecule is CCc1[nH]c(/C=C2\C(=O)Nc3c2cc(F)c(C)c3C)c(CC)c1C(=O)NCC(C)N(CC)CC. The predicted octanol–water partition coefficient (Wildman–Crippen LogP) is 4.85. The van der Waals surface area contributed by atoms with Crippen LogP contribution in [0.5, 0.6) is 0 Å². The lowest BCUT2D eigenvalue weighted by Gasteiger charge is -2.26.